The van der Waals surface area contributed by atoms with E-state index in [2.05, 4.69) is 78.8 Å². The number of halogens is 1. The molecule has 1 atom stereocenters. The lowest BCUT2D eigenvalue weighted by atomic mass is 9.98. The van der Waals surface area contributed by atoms with E-state index < -0.39 is 7.38 Å². The molecule has 108 valence electrons. The highest BCUT2D eigenvalue weighted by Crippen LogP contribution is 2.56. The summed E-state index contributed by atoms with van der Waals surface area (Å²) in [5.74, 6) is 0.597. The summed E-state index contributed by atoms with van der Waals surface area (Å²) in [5.41, 5.74) is 1.38. The molecule has 0 fully saturated rings. The van der Waals surface area contributed by atoms with Crippen molar-refractivity contribution in [2.45, 2.75) is 64.6 Å². The quantitative estimate of drug-likeness (QED) is 0.452. The van der Waals surface area contributed by atoms with Crippen LogP contribution in [0.25, 0.3) is 0 Å². The monoisotopic (exact) mass is 296 g/mol. The molecule has 0 aliphatic rings. The highest BCUT2D eigenvalue weighted by atomic mass is 35.6. The minimum Gasteiger partial charge on any atom is -0.166 e. The van der Waals surface area contributed by atoms with Crippen LogP contribution < -0.4 is 0 Å². The van der Waals surface area contributed by atoms with Crippen molar-refractivity contribution < 1.29 is 0 Å². The van der Waals surface area contributed by atoms with E-state index in [1.165, 1.54) is 5.56 Å². The highest BCUT2D eigenvalue weighted by molar-refractivity contribution is 7.23. The van der Waals surface area contributed by atoms with E-state index >= 15 is 0 Å². The van der Waals surface area contributed by atoms with Crippen LogP contribution in [0.5, 0.6) is 0 Å². The normalized spacial score (nSPS) is 16.5. The SMILES string of the molecule is CC[Si](Cl)(C(C)(C)c1ccccc1)C(C)(C)C(C)C. The molecule has 2 heteroatoms. The fourth-order valence-corrected chi connectivity index (χ4v) is 9.17. The smallest absolute Gasteiger partial charge is 0.166 e. The van der Waals surface area contributed by atoms with E-state index in [1.807, 2.05) is 0 Å². The molecule has 1 aromatic rings. The number of hydrogen-bond donors (Lipinski definition) is 0. The number of rotatable bonds is 5. The molecule has 19 heavy (non-hydrogen) atoms. The fraction of sp³-hybridized carbons (Fsp3) is 0.647. The predicted molar refractivity (Wildman–Crippen MR) is 90.4 cm³/mol. The van der Waals surface area contributed by atoms with E-state index in [4.69, 9.17) is 11.1 Å². The molecule has 0 amide bonds. The third-order valence-electron chi connectivity index (χ3n) is 5.44. The van der Waals surface area contributed by atoms with Gasteiger partial charge in [0.05, 0.1) is 0 Å². The van der Waals surface area contributed by atoms with Crippen molar-refractivity contribution in [1.82, 2.24) is 0 Å². The molecule has 0 aromatic heterocycles. The van der Waals surface area contributed by atoms with Gasteiger partial charge in [0.2, 0.25) is 0 Å². The summed E-state index contributed by atoms with van der Waals surface area (Å²) in [6, 6.07) is 11.9. The second-order valence-corrected chi connectivity index (χ2v) is 13.8. The molecular formula is C17H29ClSi. The van der Waals surface area contributed by atoms with Gasteiger partial charge >= 0.3 is 0 Å². The average Bonchev–Trinajstić information content (AvgIpc) is 2.38. The Hall–Kier alpha value is -0.273. The Morgan fingerprint density at radius 3 is 1.89 bits per heavy atom. The summed E-state index contributed by atoms with van der Waals surface area (Å²) in [5, 5.41) is 0.265. The van der Waals surface area contributed by atoms with Crippen molar-refractivity contribution in [2.24, 2.45) is 5.92 Å². The Bertz CT molecular complexity index is 409. The van der Waals surface area contributed by atoms with Gasteiger partial charge in [0.15, 0.2) is 7.38 Å². The molecule has 0 saturated heterocycles. The third kappa shape index (κ3) is 2.64. The molecule has 0 saturated carbocycles. The lowest BCUT2D eigenvalue weighted by Gasteiger charge is -2.52. The molecular weight excluding hydrogens is 268 g/mol. The van der Waals surface area contributed by atoms with Crippen molar-refractivity contribution in [1.29, 1.82) is 0 Å². The molecule has 1 aromatic carbocycles. The van der Waals surface area contributed by atoms with Gasteiger partial charge in [0.1, 0.15) is 0 Å². The van der Waals surface area contributed by atoms with Crippen LogP contribution in [0.15, 0.2) is 30.3 Å². The molecule has 0 heterocycles. The van der Waals surface area contributed by atoms with Crippen molar-refractivity contribution in [3.05, 3.63) is 35.9 Å². The number of hydrogen-bond acceptors (Lipinski definition) is 0. The average molecular weight is 297 g/mol. The first kappa shape index (κ1) is 16.8. The zero-order valence-corrected chi connectivity index (χ0v) is 15.3. The van der Waals surface area contributed by atoms with E-state index in [1.54, 1.807) is 0 Å². The fourth-order valence-electron chi connectivity index (χ4n) is 3.24. The predicted octanol–water partition coefficient (Wildman–Crippen LogP) is 6.14. The first-order chi connectivity index (χ1) is 8.61. The minimum absolute atomic E-state index is 0.0678. The summed E-state index contributed by atoms with van der Waals surface area (Å²) < 4.78 is 0. The topological polar surface area (TPSA) is 0 Å². The van der Waals surface area contributed by atoms with Crippen molar-refractivity contribution in [2.75, 3.05) is 0 Å². The molecule has 1 rings (SSSR count). The molecule has 0 nitrogen and oxygen atoms in total. The van der Waals surface area contributed by atoms with Gasteiger partial charge in [0, 0.05) is 0 Å². The van der Waals surface area contributed by atoms with Gasteiger partial charge in [0.25, 0.3) is 0 Å². The van der Waals surface area contributed by atoms with E-state index in [-0.39, 0.29) is 10.1 Å². The zero-order chi connectivity index (χ0) is 14.9. The van der Waals surface area contributed by atoms with Gasteiger partial charge in [-0.15, -0.1) is 0 Å². The maximum atomic E-state index is 7.38. The Balaban J connectivity index is 3.36. The van der Waals surface area contributed by atoms with Gasteiger partial charge in [-0.1, -0.05) is 78.8 Å². The van der Waals surface area contributed by atoms with Gasteiger partial charge in [-0.25, -0.2) is 0 Å². The van der Waals surface area contributed by atoms with Gasteiger partial charge < -0.3 is 0 Å². The Labute approximate surface area is 125 Å². The van der Waals surface area contributed by atoms with Gasteiger partial charge in [-0.05, 0) is 27.6 Å². The maximum Gasteiger partial charge on any atom is 0.171 e. The van der Waals surface area contributed by atoms with Crippen molar-refractivity contribution >= 4 is 18.5 Å². The second kappa shape index (κ2) is 5.61. The largest absolute Gasteiger partial charge is 0.171 e. The van der Waals surface area contributed by atoms with Crippen LogP contribution in [0, 0.1) is 5.92 Å². The lowest BCUT2D eigenvalue weighted by Crippen LogP contribution is -2.56. The van der Waals surface area contributed by atoms with Crippen LogP contribution in [-0.2, 0) is 5.04 Å². The summed E-state index contributed by atoms with van der Waals surface area (Å²) in [7, 11) is -2.01. The Kier molecular flexibility index (Phi) is 4.96. The molecule has 0 radical (unpaired) electrons. The van der Waals surface area contributed by atoms with Gasteiger partial charge in [-0.2, -0.15) is 11.1 Å². The summed E-state index contributed by atoms with van der Waals surface area (Å²) in [6.07, 6.45) is 0. The molecule has 0 spiro atoms. The van der Waals surface area contributed by atoms with Crippen LogP contribution in [0.3, 0.4) is 0 Å². The zero-order valence-electron chi connectivity index (χ0n) is 13.5. The van der Waals surface area contributed by atoms with E-state index in [0.29, 0.717) is 5.92 Å². The van der Waals surface area contributed by atoms with Crippen LogP contribution in [0.2, 0.25) is 11.1 Å². The molecule has 0 bridgehead atoms. The van der Waals surface area contributed by atoms with Crippen LogP contribution in [-0.4, -0.2) is 7.38 Å². The second-order valence-electron chi connectivity index (χ2n) is 7.02. The highest BCUT2D eigenvalue weighted by Gasteiger charge is 2.56. The first-order valence-corrected chi connectivity index (χ1v) is 10.6. The van der Waals surface area contributed by atoms with Crippen molar-refractivity contribution in [3.63, 3.8) is 0 Å². The minimum atomic E-state index is -2.01. The number of benzene rings is 1. The van der Waals surface area contributed by atoms with E-state index in [0.717, 1.165) is 6.04 Å². The van der Waals surface area contributed by atoms with Gasteiger partial charge in [-0.3, -0.25) is 0 Å². The molecule has 0 aliphatic heterocycles. The first-order valence-electron chi connectivity index (χ1n) is 7.35. The standard InChI is InChI=1S/C17H29ClSi/c1-8-19(18,16(4,5)14(2)3)17(6,7)15-12-10-9-11-13-15/h9-14H,8H2,1-7H3. The Morgan fingerprint density at radius 2 is 1.53 bits per heavy atom. The van der Waals surface area contributed by atoms with Crippen LogP contribution in [0.1, 0.15) is 54.0 Å². The molecule has 1 unspecified atom stereocenters. The maximum absolute atomic E-state index is 7.38. The summed E-state index contributed by atoms with van der Waals surface area (Å²) >= 11 is 7.38. The Morgan fingerprint density at radius 1 is 1.05 bits per heavy atom. The van der Waals surface area contributed by atoms with Crippen LogP contribution in [0.4, 0.5) is 0 Å². The lowest BCUT2D eigenvalue weighted by molar-refractivity contribution is 0.442. The molecule has 0 aliphatic carbocycles. The van der Waals surface area contributed by atoms with Crippen LogP contribution >= 0.6 is 11.1 Å². The van der Waals surface area contributed by atoms with Crippen molar-refractivity contribution in [3.8, 4) is 0 Å². The summed E-state index contributed by atoms with van der Waals surface area (Å²) in [6.45, 7) is 16.3. The van der Waals surface area contributed by atoms with E-state index in [9.17, 15) is 0 Å². The third-order valence-corrected chi connectivity index (χ3v) is 15.0. The molecule has 0 N–H and O–H groups in total. The summed E-state index contributed by atoms with van der Waals surface area (Å²) in [4.78, 5) is 0.